The maximum absolute atomic E-state index is 13.1. The number of carbonyl (C=O) groups excluding carboxylic acids is 4. The molecule has 0 aromatic heterocycles. The summed E-state index contributed by atoms with van der Waals surface area (Å²) in [4.78, 5) is 72.7. The summed E-state index contributed by atoms with van der Waals surface area (Å²) in [7, 11) is -9.91. The molecule has 3 unspecified atom stereocenters. The van der Waals surface area contributed by atoms with Crippen LogP contribution in [0.15, 0.2) is 0 Å². The smallest absolute Gasteiger partial charge is 0.462 e. The molecule has 17 nitrogen and oxygen atoms in total. The fraction of sp³-hybridized carbons (Fsp3) is 0.947. The van der Waals surface area contributed by atoms with Crippen molar-refractivity contribution >= 4 is 39.5 Å². The minimum absolute atomic E-state index is 0.104. The highest BCUT2D eigenvalue weighted by atomic mass is 31.2. The first kappa shape index (κ1) is 92.1. The predicted molar refractivity (Wildman–Crippen MR) is 381 cm³/mol. The van der Waals surface area contributed by atoms with Crippen LogP contribution < -0.4 is 0 Å². The minimum atomic E-state index is -4.96. The number of unbranched alkanes of at least 4 members (excludes halogenated alkanes) is 37. The van der Waals surface area contributed by atoms with Gasteiger partial charge in [0.25, 0.3) is 0 Å². The molecule has 0 heterocycles. The summed E-state index contributed by atoms with van der Waals surface area (Å²) in [6, 6.07) is 0. The van der Waals surface area contributed by atoms with Crippen LogP contribution in [-0.2, 0) is 65.4 Å². The van der Waals surface area contributed by atoms with E-state index in [4.69, 9.17) is 37.0 Å². The molecule has 0 radical (unpaired) electrons. The average Bonchev–Trinajstić information content (AvgIpc) is 2.59. The fourth-order valence-electron chi connectivity index (χ4n) is 11.3. The molecule has 0 aromatic rings. The van der Waals surface area contributed by atoms with Gasteiger partial charge in [-0.1, -0.05) is 325 Å². The lowest BCUT2D eigenvalue weighted by molar-refractivity contribution is -0.161. The molecule has 94 heavy (non-hydrogen) atoms. The van der Waals surface area contributed by atoms with Crippen molar-refractivity contribution in [2.45, 2.75) is 395 Å². The molecule has 0 fully saturated rings. The Balaban J connectivity index is 5.24. The van der Waals surface area contributed by atoms with Gasteiger partial charge in [0.05, 0.1) is 26.4 Å². The quantitative estimate of drug-likeness (QED) is 0.0222. The van der Waals surface area contributed by atoms with Gasteiger partial charge in [0.1, 0.15) is 19.3 Å². The van der Waals surface area contributed by atoms with E-state index in [0.29, 0.717) is 31.6 Å². The molecule has 0 amide bonds. The topological polar surface area (TPSA) is 237 Å². The van der Waals surface area contributed by atoms with Crippen molar-refractivity contribution in [3.8, 4) is 0 Å². The molecule has 0 spiro atoms. The Labute approximate surface area is 575 Å². The zero-order valence-electron chi connectivity index (χ0n) is 61.6. The van der Waals surface area contributed by atoms with Crippen molar-refractivity contribution in [3.63, 3.8) is 0 Å². The summed E-state index contributed by atoms with van der Waals surface area (Å²) < 4.78 is 68.5. The van der Waals surface area contributed by atoms with Crippen LogP contribution in [-0.4, -0.2) is 96.7 Å². The van der Waals surface area contributed by atoms with E-state index in [1.807, 2.05) is 0 Å². The minimum Gasteiger partial charge on any atom is -0.462 e. The van der Waals surface area contributed by atoms with Crippen molar-refractivity contribution in [2.75, 3.05) is 39.6 Å². The predicted octanol–water partition coefficient (Wildman–Crippen LogP) is 21.7. The molecular weight excluding hydrogens is 1230 g/mol. The van der Waals surface area contributed by atoms with E-state index in [2.05, 4.69) is 55.4 Å². The molecule has 3 N–H and O–H groups in total. The molecular formula is C75H146O17P2. The van der Waals surface area contributed by atoms with Crippen LogP contribution in [0.3, 0.4) is 0 Å². The number of rotatable bonds is 72. The lowest BCUT2D eigenvalue weighted by atomic mass is 9.99. The summed E-state index contributed by atoms with van der Waals surface area (Å²) in [5.41, 5.74) is 0. The van der Waals surface area contributed by atoms with Crippen molar-refractivity contribution in [2.24, 2.45) is 23.7 Å². The first-order chi connectivity index (χ1) is 45.1. The number of carbonyl (C=O) groups is 4. The average molecular weight is 1380 g/mol. The first-order valence-corrected chi connectivity index (χ1v) is 41.7. The van der Waals surface area contributed by atoms with Gasteiger partial charge in [0.2, 0.25) is 0 Å². The van der Waals surface area contributed by atoms with E-state index in [0.717, 1.165) is 114 Å². The zero-order chi connectivity index (χ0) is 69.6. The highest BCUT2D eigenvalue weighted by Gasteiger charge is 2.30. The van der Waals surface area contributed by atoms with Crippen LogP contribution in [0.25, 0.3) is 0 Å². The monoisotopic (exact) mass is 1380 g/mol. The van der Waals surface area contributed by atoms with E-state index in [1.165, 1.54) is 173 Å². The van der Waals surface area contributed by atoms with Crippen LogP contribution in [0.5, 0.6) is 0 Å². The van der Waals surface area contributed by atoms with Crippen molar-refractivity contribution < 1.29 is 80.2 Å². The summed E-state index contributed by atoms with van der Waals surface area (Å²) in [6.07, 6.45) is 48.6. The molecule has 0 saturated heterocycles. The van der Waals surface area contributed by atoms with Gasteiger partial charge in [-0.05, 0) is 49.4 Å². The molecule has 0 bridgehead atoms. The van der Waals surface area contributed by atoms with Gasteiger partial charge in [0, 0.05) is 25.7 Å². The number of aliphatic hydroxyl groups is 1. The van der Waals surface area contributed by atoms with Gasteiger partial charge >= 0.3 is 39.5 Å². The number of hydrogen-bond acceptors (Lipinski definition) is 15. The van der Waals surface area contributed by atoms with Crippen LogP contribution in [0, 0.1) is 23.7 Å². The number of phosphoric ester groups is 2. The van der Waals surface area contributed by atoms with Gasteiger partial charge in [-0.3, -0.25) is 37.3 Å². The Bertz CT molecular complexity index is 1850. The molecule has 0 rings (SSSR count). The third kappa shape index (κ3) is 67.3. The maximum Gasteiger partial charge on any atom is 0.472 e. The lowest BCUT2D eigenvalue weighted by Gasteiger charge is -2.21. The molecule has 0 aliphatic heterocycles. The summed E-state index contributed by atoms with van der Waals surface area (Å²) >= 11 is 0. The van der Waals surface area contributed by atoms with Gasteiger partial charge in [-0.25, -0.2) is 9.13 Å². The summed E-state index contributed by atoms with van der Waals surface area (Å²) in [5.74, 6) is 0.925. The van der Waals surface area contributed by atoms with Crippen molar-refractivity contribution in [3.05, 3.63) is 0 Å². The van der Waals surface area contributed by atoms with E-state index in [1.54, 1.807) is 0 Å². The van der Waals surface area contributed by atoms with E-state index in [9.17, 15) is 43.2 Å². The standard InChI is InChI=1S/C75H146O17P2/c1-9-68(8)54-46-38-29-23-16-12-10-11-13-17-25-31-41-49-57-74(79)91-70(61-85-72(77)55-47-39-30-24-18-14-15-21-27-35-43-51-65(2)3)63-89-93(81,82)87-59-69(76)60-88-94(83,84)90-64-71(62-86-73(78)56-48-40-34-33-37-45-53-67(6)7)92-75(80)58-50-42-32-26-20-19-22-28-36-44-52-66(4)5/h65-71,76H,9-64H2,1-8H3,(H,81,82)(H,83,84)/t68?,69-,70-,71-/m1/s1. The first-order valence-electron chi connectivity index (χ1n) is 38.7. The van der Waals surface area contributed by atoms with E-state index >= 15 is 0 Å². The molecule has 19 heteroatoms. The van der Waals surface area contributed by atoms with Crippen LogP contribution in [0.1, 0.15) is 376 Å². The largest absolute Gasteiger partial charge is 0.472 e. The molecule has 0 saturated carbocycles. The van der Waals surface area contributed by atoms with Gasteiger partial charge in [-0.2, -0.15) is 0 Å². The molecule has 6 atom stereocenters. The van der Waals surface area contributed by atoms with Crippen molar-refractivity contribution in [1.82, 2.24) is 0 Å². The Kier molecular flexibility index (Phi) is 63.1. The highest BCUT2D eigenvalue weighted by Crippen LogP contribution is 2.45. The second-order valence-corrected chi connectivity index (χ2v) is 31.6. The molecule has 0 aliphatic rings. The number of hydrogen-bond donors (Lipinski definition) is 3. The number of aliphatic hydroxyl groups excluding tert-OH is 1. The Hall–Kier alpha value is -1.94. The highest BCUT2D eigenvalue weighted by molar-refractivity contribution is 7.47. The van der Waals surface area contributed by atoms with Gasteiger partial charge in [0.15, 0.2) is 12.2 Å². The Morgan fingerprint density at radius 3 is 0.755 bits per heavy atom. The Morgan fingerprint density at radius 1 is 0.298 bits per heavy atom. The van der Waals surface area contributed by atoms with Gasteiger partial charge in [-0.15, -0.1) is 0 Å². The molecule has 558 valence electrons. The lowest BCUT2D eigenvalue weighted by Crippen LogP contribution is -2.30. The SMILES string of the molecule is CCC(C)CCCCCCCCCCCCCCCCC(=O)O[C@H](COC(=O)CCCCCCCCCCCCCC(C)C)COP(=O)(O)OC[C@@H](O)COP(=O)(O)OC[C@@H](COC(=O)CCCCCCCCC(C)C)OC(=O)CCCCCCCCCCCCC(C)C. The van der Waals surface area contributed by atoms with E-state index < -0.39 is 97.5 Å². The van der Waals surface area contributed by atoms with Crippen LogP contribution in [0.4, 0.5) is 0 Å². The number of esters is 4. The van der Waals surface area contributed by atoms with E-state index in [-0.39, 0.29) is 25.7 Å². The summed E-state index contributed by atoms with van der Waals surface area (Å²) in [6.45, 7) is 14.2. The maximum atomic E-state index is 13.1. The molecule has 0 aromatic carbocycles. The fourth-order valence-corrected chi connectivity index (χ4v) is 12.9. The normalized spacial score (nSPS) is 14.4. The van der Waals surface area contributed by atoms with Crippen LogP contribution in [0.2, 0.25) is 0 Å². The third-order valence-corrected chi connectivity index (χ3v) is 19.6. The summed E-state index contributed by atoms with van der Waals surface area (Å²) in [5, 5.41) is 10.6. The second kappa shape index (κ2) is 64.4. The Morgan fingerprint density at radius 2 is 0.511 bits per heavy atom. The van der Waals surface area contributed by atoms with Gasteiger partial charge < -0.3 is 33.8 Å². The van der Waals surface area contributed by atoms with Crippen molar-refractivity contribution in [1.29, 1.82) is 0 Å². The van der Waals surface area contributed by atoms with Crippen LogP contribution >= 0.6 is 15.6 Å². The second-order valence-electron chi connectivity index (χ2n) is 28.7. The number of ether oxygens (including phenoxy) is 4. The third-order valence-electron chi connectivity index (χ3n) is 17.7. The number of phosphoric acid groups is 2. The zero-order valence-corrected chi connectivity index (χ0v) is 63.4. The molecule has 0 aliphatic carbocycles.